The van der Waals surface area contributed by atoms with Crippen LogP contribution in [-0.2, 0) is 4.79 Å². The van der Waals surface area contributed by atoms with E-state index in [1.165, 1.54) is 11.5 Å². The average Bonchev–Trinajstić information content (AvgIpc) is 2.56. The molecule has 1 N–H and O–H groups in total. The molecule has 0 aromatic heterocycles. The van der Waals surface area contributed by atoms with Crippen LogP contribution in [0.1, 0.15) is 19.8 Å². The van der Waals surface area contributed by atoms with E-state index in [2.05, 4.69) is 17.1 Å². The van der Waals surface area contributed by atoms with Crippen molar-refractivity contribution in [2.45, 2.75) is 19.8 Å². The standard InChI is InChI=1S/C17H26N2O2S/c1-3-22-12-11-19-9-7-14(8-10-19)17(20)18-15-5-4-6-16(13-15)21-2/h4-6,13-14H,3,7-12H2,1-2H3,(H,18,20). The van der Waals surface area contributed by atoms with Crippen LogP contribution in [0.15, 0.2) is 24.3 Å². The smallest absolute Gasteiger partial charge is 0.227 e. The number of anilines is 1. The molecule has 1 heterocycles. The van der Waals surface area contributed by atoms with Crippen molar-refractivity contribution in [2.75, 3.05) is 43.6 Å². The number of thioether (sulfide) groups is 1. The maximum absolute atomic E-state index is 12.4. The van der Waals surface area contributed by atoms with E-state index in [1.807, 2.05) is 36.0 Å². The summed E-state index contributed by atoms with van der Waals surface area (Å²) in [5.41, 5.74) is 0.811. The number of nitrogens with zero attached hydrogens (tertiary/aromatic N) is 1. The summed E-state index contributed by atoms with van der Waals surface area (Å²) in [5.74, 6) is 3.40. The van der Waals surface area contributed by atoms with Crippen molar-refractivity contribution in [2.24, 2.45) is 5.92 Å². The molecule has 0 radical (unpaired) electrons. The summed E-state index contributed by atoms with van der Waals surface area (Å²) < 4.78 is 5.18. The number of carbonyl (C=O) groups excluding carboxylic acids is 1. The fraction of sp³-hybridized carbons (Fsp3) is 0.588. The molecular formula is C17H26N2O2S. The average molecular weight is 322 g/mol. The molecule has 0 saturated carbocycles. The quantitative estimate of drug-likeness (QED) is 0.783. The molecule has 1 aliphatic rings. The van der Waals surface area contributed by atoms with Crippen LogP contribution in [0.2, 0.25) is 0 Å². The lowest BCUT2D eigenvalue weighted by molar-refractivity contribution is -0.121. The number of hydrogen-bond donors (Lipinski definition) is 1. The molecule has 0 unspecified atom stereocenters. The molecule has 1 aliphatic heterocycles. The Bertz CT molecular complexity index is 473. The molecule has 22 heavy (non-hydrogen) atoms. The number of methoxy groups -OCH3 is 1. The minimum Gasteiger partial charge on any atom is -0.497 e. The summed E-state index contributed by atoms with van der Waals surface area (Å²) in [6.07, 6.45) is 1.90. The van der Waals surface area contributed by atoms with Crippen LogP contribution in [0.5, 0.6) is 5.75 Å². The summed E-state index contributed by atoms with van der Waals surface area (Å²) in [6.45, 7) is 5.39. The van der Waals surface area contributed by atoms with Crippen molar-refractivity contribution in [3.63, 3.8) is 0 Å². The summed E-state index contributed by atoms with van der Waals surface area (Å²) in [5, 5.41) is 3.01. The summed E-state index contributed by atoms with van der Waals surface area (Å²) >= 11 is 1.98. The Morgan fingerprint density at radius 3 is 2.86 bits per heavy atom. The molecular weight excluding hydrogens is 296 g/mol. The fourth-order valence-corrected chi connectivity index (χ4v) is 3.38. The Morgan fingerprint density at radius 2 is 2.18 bits per heavy atom. The van der Waals surface area contributed by atoms with Crippen molar-refractivity contribution in [3.05, 3.63) is 24.3 Å². The zero-order chi connectivity index (χ0) is 15.8. The van der Waals surface area contributed by atoms with Crippen LogP contribution < -0.4 is 10.1 Å². The molecule has 1 saturated heterocycles. The van der Waals surface area contributed by atoms with Gasteiger partial charge in [-0.3, -0.25) is 4.79 Å². The van der Waals surface area contributed by atoms with E-state index in [9.17, 15) is 4.79 Å². The van der Waals surface area contributed by atoms with Crippen molar-refractivity contribution in [3.8, 4) is 5.75 Å². The van der Waals surface area contributed by atoms with Crippen LogP contribution >= 0.6 is 11.8 Å². The van der Waals surface area contributed by atoms with E-state index in [-0.39, 0.29) is 11.8 Å². The molecule has 0 atom stereocenters. The number of carbonyl (C=O) groups is 1. The van der Waals surface area contributed by atoms with Gasteiger partial charge < -0.3 is 15.0 Å². The Balaban J connectivity index is 1.77. The lowest BCUT2D eigenvalue weighted by atomic mass is 9.96. The van der Waals surface area contributed by atoms with Gasteiger partial charge in [0.05, 0.1) is 7.11 Å². The third-order valence-electron chi connectivity index (χ3n) is 4.05. The Kier molecular flexibility index (Phi) is 7.06. The number of ether oxygens (including phenoxy) is 1. The van der Waals surface area contributed by atoms with Crippen LogP contribution in [-0.4, -0.2) is 49.1 Å². The second kappa shape index (κ2) is 9.06. The van der Waals surface area contributed by atoms with E-state index in [1.54, 1.807) is 7.11 Å². The van der Waals surface area contributed by atoms with E-state index in [4.69, 9.17) is 4.74 Å². The highest BCUT2D eigenvalue weighted by atomic mass is 32.2. The van der Waals surface area contributed by atoms with E-state index < -0.39 is 0 Å². The molecule has 0 bridgehead atoms. The molecule has 0 spiro atoms. The first kappa shape index (κ1) is 17.2. The predicted molar refractivity (Wildman–Crippen MR) is 93.8 cm³/mol. The lowest BCUT2D eigenvalue weighted by Gasteiger charge is -2.31. The second-order valence-corrected chi connectivity index (χ2v) is 6.93. The normalized spacial score (nSPS) is 16.5. The van der Waals surface area contributed by atoms with E-state index >= 15 is 0 Å². The van der Waals surface area contributed by atoms with Crippen molar-refractivity contribution in [1.29, 1.82) is 0 Å². The van der Waals surface area contributed by atoms with Crippen molar-refractivity contribution in [1.82, 2.24) is 4.90 Å². The molecule has 0 aliphatic carbocycles. The molecule has 5 heteroatoms. The second-order valence-electron chi connectivity index (χ2n) is 5.53. The first-order valence-electron chi connectivity index (χ1n) is 7.98. The Morgan fingerprint density at radius 1 is 1.41 bits per heavy atom. The highest BCUT2D eigenvalue weighted by Gasteiger charge is 2.24. The van der Waals surface area contributed by atoms with Gasteiger partial charge in [0.2, 0.25) is 5.91 Å². The largest absolute Gasteiger partial charge is 0.497 e. The molecule has 1 amide bonds. The zero-order valence-corrected chi connectivity index (χ0v) is 14.3. The number of likely N-dealkylation sites (tertiary alicyclic amines) is 1. The molecule has 122 valence electrons. The van der Waals surface area contributed by atoms with E-state index in [0.717, 1.165) is 43.9 Å². The van der Waals surface area contributed by atoms with Gasteiger partial charge >= 0.3 is 0 Å². The predicted octanol–water partition coefficient (Wildman–Crippen LogP) is 3.10. The van der Waals surface area contributed by atoms with Crippen LogP contribution in [0.4, 0.5) is 5.69 Å². The van der Waals surface area contributed by atoms with Gasteiger partial charge in [0, 0.05) is 30.0 Å². The minimum absolute atomic E-state index is 0.126. The maximum atomic E-state index is 12.4. The van der Waals surface area contributed by atoms with Crippen LogP contribution in [0.25, 0.3) is 0 Å². The Labute approximate surface area is 137 Å². The number of amides is 1. The number of hydrogen-bond acceptors (Lipinski definition) is 4. The van der Waals surface area contributed by atoms with Gasteiger partial charge in [-0.2, -0.15) is 11.8 Å². The van der Waals surface area contributed by atoms with Gasteiger partial charge in [-0.15, -0.1) is 0 Å². The molecule has 1 fully saturated rings. The zero-order valence-electron chi connectivity index (χ0n) is 13.5. The van der Waals surface area contributed by atoms with Gasteiger partial charge in [0.15, 0.2) is 0 Å². The third kappa shape index (κ3) is 5.21. The molecule has 4 nitrogen and oxygen atoms in total. The summed E-state index contributed by atoms with van der Waals surface area (Å²) in [4.78, 5) is 14.8. The molecule has 1 aromatic carbocycles. The highest BCUT2D eigenvalue weighted by molar-refractivity contribution is 7.99. The topological polar surface area (TPSA) is 41.6 Å². The number of nitrogens with one attached hydrogen (secondary N) is 1. The van der Waals surface area contributed by atoms with Crippen molar-refractivity contribution >= 4 is 23.4 Å². The SMILES string of the molecule is CCSCCN1CCC(C(=O)Nc2cccc(OC)c2)CC1. The summed E-state index contributed by atoms with van der Waals surface area (Å²) in [7, 11) is 1.63. The fourth-order valence-electron chi connectivity index (χ4n) is 2.70. The summed E-state index contributed by atoms with van der Waals surface area (Å²) in [6, 6.07) is 7.53. The van der Waals surface area contributed by atoms with E-state index in [0.29, 0.717) is 0 Å². The van der Waals surface area contributed by atoms with Crippen LogP contribution in [0, 0.1) is 5.92 Å². The minimum atomic E-state index is 0.126. The highest BCUT2D eigenvalue weighted by Crippen LogP contribution is 2.21. The first-order valence-corrected chi connectivity index (χ1v) is 9.13. The van der Waals surface area contributed by atoms with Crippen LogP contribution in [0.3, 0.4) is 0 Å². The third-order valence-corrected chi connectivity index (χ3v) is 4.93. The van der Waals surface area contributed by atoms with Gasteiger partial charge in [0.1, 0.15) is 5.75 Å². The lowest BCUT2D eigenvalue weighted by Crippen LogP contribution is -2.39. The molecule has 2 rings (SSSR count). The Hall–Kier alpha value is -1.20. The number of rotatable bonds is 7. The first-order chi connectivity index (χ1) is 10.7. The number of benzene rings is 1. The van der Waals surface area contributed by atoms with Gasteiger partial charge in [0.25, 0.3) is 0 Å². The number of piperidine rings is 1. The van der Waals surface area contributed by atoms with Gasteiger partial charge in [-0.1, -0.05) is 13.0 Å². The van der Waals surface area contributed by atoms with Crippen molar-refractivity contribution < 1.29 is 9.53 Å². The molecule has 1 aromatic rings. The van der Waals surface area contributed by atoms with Gasteiger partial charge in [-0.05, 0) is 43.8 Å². The maximum Gasteiger partial charge on any atom is 0.227 e. The monoisotopic (exact) mass is 322 g/mol. The van der Waals surface area contributed by atoms with Gasteiger partial charge in [-0.25, -0.2) is 0 Å².